The highest BCUT2D eigenvalue weighted by molar-refractivity contribution is 7.13. The molecule has 0 saturated carbocycles. The molecule has 0 bridgehead atoms. The third-order valence-corrected chi connectivity index (χ3v) is 4.62. The molecule has 2 aromatic rings. The Morgan fingerprint density at radius 2 is 1.95 bits per heavy atom. The zero-order chi connectivity index (χ0) is 14.0. The molecule has 98 valence electrons. The van der Waals surface area contributed by atoms with Crippen LogP contribution in [-0.2, 0) is 9.67 Å². The lowest BCUT2D eigenvalue weighted by Gasteiger charge is -2.19. The summed E-state index contributed by atoms with van der Waals surface area (Å²) < 4.78 is 0. The average Bonchev–Trinajstić information content (AvgIpc) is 2.84. The van der Waals surface area contributed by atoms with Crippen LogP contribution in [0.2, 0.25) is 0 Å². The summed E-state index contributed by atoms with van der Waals surface area (Å²) >= 11 is 7.91. The normalized spacial score (nSPS) is 13.8. The molecule has 0 spiro atoms. The second-order valence-corrected chi connectivity index (χ2v) is 6.19. The van der Waals surface area contributed by atoms with Gasteiger partial charge in [-0.1, -0.05) is 24.3 Å². The number of hydrogen-bond acceptors (Lipinski definition) is 3. The molecule has 19 heavy (non-hydrogen) atoms. The van der Waals surface area contributed by atoms with E-state index in [0.29, 0.717) is 5.56 Å². The monoisotopic (exact) mass is 291 g/mol. The molecular weight excluding hydrogens is 278 g/mol. The minimum absolute atomic E-state index is 0.408. The van der Waals surface area contributed by atoms with Gasteiger partial charge in [0.2, 0.25) is 0 Å². The molecule has 0 saturated heterocycles. The third-order valence-electron chi connectivity index (χ3n) is 3.15. The SMILES string of the molecule is Cc1ccsc1-c1ccc(C(C)(Cl)C(=O)C=N)cc1. The molecule has 0 aliphatic rings. The number of carbonyl (C=O) groups is 1. The Bertz CT molecular complexity index is 613. The van der Waals surface area contributed by atoms with Crippen LogP contribution in [0.15, 0.2) is 35.7 Å². The zero-order valence-corrected chi connectivity index (χ0v) is 12.3. The van der Waals surface area contributed by atoms with Crippen LogP contribution in [0.4, 0.5) is 0 Å². The van der Waals surface area contributed by atoms with Crippen LogP contribution >= 0.6 is 22.9 Å². The molecule has 1 heterocycles. The number of thiophene rings is 1. The maximum absolute atomic E-state index is 11.6. The number of aryl methyl sites for hydroxylation is 1. The van der Waals surface area contributed by atoms with Crippen LogP contribution in [-0.4, -0.2) is 12.0 Å². The first-order valence-corrected chi connectivity index (χ1v) is 7.11. The summed E-state index contributed by atoms with van der Waals surface area (Å²) in [5.74, 6) is -0.408. The lowest BCUT2D eigenvalue weighted by molar-refractivity contribution is -0.114. The van der Waals surface area contributed by atoms with Crippen molar-refractivity contribution in [3.8, 4) is 10.4 Å². The number of carbonyl (C=O) groups excluding carboxylic acids is 1. The number of halogens is 1. The van der Waals surface area contributed by atoms with E-state index in [9.17, 15) is 4.79 Å². The summed E-state index contributed by atoms with van der Waals surface area (Å²) in [5.41, 5.74) is 3.06. The molecule has 1 N–H and O–H groups in total. The second kappa shape index (κ2) is 5.27. The van der Waals surface area contributed by atoms with E-state index in [0.717, 1.165) is 11.8 Å². The van der Waals surface area contributed by atoms with Crippen molar-refractivity contribution >= 4 is 34.9 Å². The summed E-state index contributed by atoms with van der Waals surface area (Å²) in [7, 11) is 0. The van der Waals surface area contributed by atoms with Crippen LogP contribution in [0.1, 0.15) is 18.1 Å². The number of ketones is 1. The largest absolute Gasteiger partial charge is 0.305 e. The minimum Gasteiger partial charge on any atom is -0.305 e. The topological polar surface area (TPSA) is 40.9 Å². The van der Waals surface area contributed by atoms with E-state index in [1.165, 1.54) is 10.4 Å². The quantitative estimate of drug-likeness (QED) is 0.658. The first-order chi connectivity index (χ1) is 8.96. The van der Waals surface area contributed by atoms with Gasteiger partial charge in [-0.25, -0.2) is 0 Å². The zero-order valence-electron chi connectivity index (χ0n) is 10.7. The fourth-order valence-corrected chi connectivity index (χ4v) is 3.00. The van der Waals surface area contributed by atoms with Gasteiger partial charge in [0, 0.05) is 4.88 Å². The Labute approximate surface area is 121 Å². The summed E-state index contributed by atoms with van der Waals surface area (Å²) in [6, 6.07) is 9.71. The predicted octanol–water partition coefficient (Wildman–Crippen LogP) is 4.40. The van der Waals surface area contributed by atoms with Crippen LogP contribution in [0.25, 0.3) is 10.4 Å². The molecule has 0 aliphatic heterocycles. The van der Waals surface area contributed by atoms with Crippen molar-refractivity contribution in [2.24, 2.45) is 0 Å². The average molecular weight is 292 g/mol. The molecule has 4 heteroatoms. The molecule has 1 unspecified atom stereocenters. The first kappa shape index (κ1) is 14.0. The number of Topliss-reactive ketones (excluding diaryl/α,β-unsaturated/α-hetero) is 1. The Morgan fingerprint density at radius 1 is 1.32 bits per heavy atom. The van der Waals surface area contributed by atoms with Gasteiger partial charge in [0.1, 0.15) is 4.87 Å². The molecule has 0 radical (unpaired) electrons. The number of nitrogens with one attached hydrogen (secondary N) is 1. The predicted molar refractivity (Wildman–Crippen MR) is 81.5 cm³/mol. The van der Waals surface area contributed by atoms with Crippen LogP contribution in [0, 0.1) is 12.3 Å². The third kappa shape index (κ3) is 2.62. The molecule has 1 aromatic heterocycles. The summed E-state index contributed by atoms with van der Waals surface area (Å²) in [4.78, 5) is 11.7. The fraction of sp³-hybridized carbons (Fsp3) is 0.200. The van der Waals surface area contributed by atoms with Gasteiger partial charge < -0.3 is 5.41 Å². The molecule has 2 nitrogen and oxygen atoms in total. The summed E-state index contributed by atoms with van der Waals surface area (Å²) in [5, 5.41) is 9.10. The van der Waals surface area contributed by atoms with Crippen molar-refractivity contribution in [1.82, 2.24) is 0 Å². The smallest absolute Gasteiger partial charge is 0.198 e. The number of benzene rings is 1. The molecule has 0 amide bonds. The Hall–Kier alpha value is -1.45. The van der Waals surface area contributed by atoms with Crippen molar-refractivity contribution in [3.63, 3.8) is 0 Å². The van der Waals surface area contributed by atoms with E-state index in [1.807, 2.05) is 24.3 Å². The Morgan fingerprint density at radius 3 is 2.42 bits per heavy atom. The number of rotatable bonds is 4. The van der Waals surface area contributed by atoms with Crippen molar-refractivity contribution in [3.05, 3.63) is 46.8 Å². The standard InChI is InChI=1S/C15H14ClNOS/c1-10-7-8-19-14(10)11-3-5-12(6-4-11)15(2,16)13(18)9-17/h3-9,17H,1-2H3. The summed E-state index contributed by atoms with van der Waals surface area (Å²) in [6.45, 7) is 3.69. The molecule has 2 rings (SSSR count). The maximum atomic E-state index is 11.6. The highest BCUT2D eigenvalue weighted by atomic mass is 35.5. The van der Waals surface area contributed by atoms with E-state index in [4.69, 9.17) is 17.0 Å². The number of hydrogen-bond donors (Lipinski definition) is 1. The lowest BCUT2D eigenvalue weighted by atomic mass is 9.95. The summed E-state index contributed by atoms with van der Waals surface area (Å²) in [6.07, 6.45) is 0.768. The van der Waals surface area contributed by atoms with Gasteiger partial charge in [-0.15, -0.1) is 22.9 Å². The van der Waals surface area contributed by atoms with E-state index < -0.39 is 10.7 Å². The Balaban J connectivity index is 2.36. The van der Waals surface area contributed by atoms with Gasteiger partial charge in [-0.2, -0.15) is 0 Å². The van der Waals surface area contributed by atoms with Gasteiger partial charge >= 0.3 is 0 Å². The van der Waals surface area contributed by atoms with Crippen molar-refractivity contribution in [1.29, 1.82) is 5.41 Å². The fourth-order valence-electron chi connectivity index (χ4n) is 1.88. The van der Waals surface area contributed by atoms with Crippen molar-refractivity contribution in [2.45, 2.75) is 18.7 Å². The van der Waals surface area contributed by atoms with Crippen molar-refractivity contribution < 1.29 is 4.79 Å². The molecule has 1 atom stereocenters. The molecule has 0 fully saturated rings. The lowest BCUT2D eigenvalue weighted by Crippen LogP contribution is -2.26. The second-order valence-electron chi connectivity index (χ2n) is 4.52. The minimum atomic E-state index is -1.16. The molecule has 1 aromatic carbocycles. The first-order valence-electron chi connectivity index (χ1n) is 5.85. The van der Waals surface area contributed by atoms with Gasteiger partial charge in [0.15, 0.2) is 5.78 Å². The van der Waals surface area contributed by atoms with E-state index >= 15 is 0 Å². The van der Waals surface area contributed by atoms with E-state index in [-0.39, 0.29) is 0 Å². The van der Waals surface area contributed by atoms with Gasteiger partial charge in [-0.05, 0) is 42.0 Å². The van der Waals surface area contributed by atoms with Crippen LogP contribution < -0.4 is 0 Å². The highest BCUT2D eigenvalue weighted by Crippen LogP contribution is 2.33. The van der Waals surface area contributed by atoms with Gasteiger partial charge in [0.25, 0.3) is 0 Å². The molecule has 0 aliphatic carbocycles. The van der Waals surface area contributed by atoms with Gasteiger partial charge in [0.05, 0.1) is 6.21 Å². The highest BCUT2D eigenvalue weighted by Gasteiger charge is 2.30. The van der Waals surface area contributed by atoms with Crippen molar-refractivity contribution in [2.75, 3.05) is 0 Å². The van der Waals surface area contributed by atoms with Gasteiger partial charge in [-0.3, -0.25) is 4.79 Å². The number of alkyl halides is 1. The van der Waals surface area contributed by atoms with E-state index in [1.54, 1.807) is 18.3 Å². The van der Waals surface area contributed by atoms with Crippen LogP contribution in [0.3, 0.4) is 0 Å². The Kier molecular flexibility index (Phi) is 3.88. The maximum Gasteiger partial charge on any atom is 0.198 e. The van der Waals surface area contributed by atoms with E-state index in [2.05, 4.69) is 18.4 Å². The van der Waals surface area contributed by atoms with Crippen LogP contribution in [0.5, 0.6) is 0 Å². The molecular formula is C15H14ClNOS.